The highest BCUT2D eigenvalue weighted by molar-refractivity contribution is 7.21. The zero-order valence-corrected chi connectivity index (χ0v) is 18.6. The molecule has 0 unspecified atom stereocenters. The lowest BCUT2D eigenvalue weighted by Crippen LogP contribution is -2.30. The first-order chi connectivity index (χ1) is 16.3. The number of alkyl halides is 3. The average Bonchev–Trinajstić information content (AvgIpc) is 3.48. The van der Waals surface area contributed by atoms with Crippen LogP contribution < -0.4 is 5.32 Å². The lowest BCUT2D eigenvalue weighted by molar-refractivity contribution is -0.137. The van der Waals surface area contributed by atoms with Crippen LogP contribution in [0.4, 0.5) is 13.2 Å². The zero-order chi connectivity index (χ0) is 24.0. The van der Waals surface area contributed by atoms with Crippen LogP contribution in [-0.2, 0) is 13.2 Å². The standard InChI is InChI=1S/C23H18F3N5O2S/c1-30-11-15-20-18(31(21(15)29-30)14-7-5-13(6-8-14)23(24,25)26)10-19(34-20)22(33)28-17(12-32)16-4-2-3-9-27-16/h2-11,17,32H,12H2,1H3,(H,28,33)/t17-/m0/s1. The van der Waals surface area contributed by atoms with Crippen molar-refractivity contribution >= 4 is 38.5 Å². The molecule has 2 N–H and O–H groups in total. The van der Waals surface area contributed by atoms with Gasteiger partial charge in [-0.3, -0.25) is 19.0 Å². The number of halogens is 3. The van der Waals surface area contributed by atoms with Crippen molar-refractivity contribution in [1.82, 2.24) is 24.6 Å². The molecule has 5 aromatic rings. The quantitative estimate of drug-likeness (QED) is 0.385. The van der Waals surface area contributed by atoms with E-state index in [1.54, 1.807) is 53.0 Å². The topological polar surface area (TPSA) is 85.0 Å². The van der Waals surface area contributed by atoms with Gasteiger partial charge in [0.15, 0.2) is 5.65 Å². The number of aryl methyl sites for hydroxylation is 1. The Morgan fingerprint density at radius 2 is 1.97 bits per heavy atom. The van der Waals surface area contributed by atoms with Gasteiger partial charge in [0.05, 0.1) is 44.4 Å². The maximum absolute atomic E-state index is 13.0. The van der Waals surface area contributed by atoms with Gasteiger partial charge in [0, 0.05) is 25.1 Å². The molecule has 0 aliphatic heterocycles. The summed E-state index contributed by atoms with van der Waals surface area (Å²) in [6.07, 6.45) is -1.05. The van der Waals surface area contributed by atoms with Crippen LogP contribution in [0.1, 0.15) is 27.0 Å². The fraction of sp³-hybridized carbons (Fsp3) is 0.174. The second kappa shape index (κ2) is 8.26. The molecule has 0 aliphatic carbocycles. The van der Waals surface area contributed by atoms with E-state index in [1.807, 2.05) is 0 Å². The molecule has 0 radical (unpaired) electrons. The monoisotopic (exact) mass is 485 g/mol. The van der Waals surface area contributed by atoms with Crippen molar-refractivity contribution in [2.45, 2.75) is 12.2 Å². The number of rotatable bonds is 5. The summed E-state index contributed by atoms with van der Waals surface area (Å²) >= 11 is 1.25. The first-order valence-electron chi connectivity index (χ1n) is 10.2. The molecule has 34 heavy (non-hydrogen) atoms. The van der Waals surface area contributed by atoms with E-state index in [2.05, 4.69) is 15.4 Å². The largest absolute Gasteiger partial charge is 0.416 e. The predicted molar refractivity (Wildman–Crippen MR) is 122 cm³/mol. The molecule has 0 saturated heterocycles. The molecule has 1 atom stereocenters. The van der Waals surface area contributed by atoms with Gasteiger partial charge in [-0.15, -0.1) is 11.3 Å². The molecule has 174 valence electrons. The van der Waals surface area contributed by atoms with Crippen molar-refractivity contribution in [3.05, 3.63) is 77.1 Å². The van der Waals surface area contributed by atoms with Gasteiger partial charge in [-0.05, 0) is 42.5 Å². The highest BCUT2D eigenvalue weighted by Gasteiger charge is 2.30. The molecular weight excluding hydrogens is 467 g/mol. The molecule has 11 heteroatoms. The van der Waals surface area contributed by atoms with Crippen LogP contribution in [0.15, 0.2) is 60.9 Å². The third kappa shape index (κ3) is 3.82. The number of aliphatic hydroxyl groups excluding tert-OH is 1. The second-order valence-electron chi connectivity index (χ2n) is 7.71. The molecule has 0 spiro atoms. The Hall–Kier alpha value is -3.70. The molecule has 1 amide bonds. The summed E-state index contributed by atoms with van der Waals surface area (Å²) in [5.74, 6) is -0.387. The van der Waals surface area contributed by atoms with Gasteiger partial charge in [0.1, 0.15) is 0 Å². The minimum atomic E-state index is -4.44. The van der Waals surface area contributed by atoms with Crippen molar-refractivity contribution in [1.29, 1.82) is 0 Å². The number of pyridine rings is 1. The lowest BCUT2D eigenvalue weighted by atomic mass is 10.2. The molecule has 0 fully saturated rings. The molecule has 0 aliphatic rings. The number of carbonyl (C=O) groups is 1. The molecule has 4 heterocycles. The van der Waals surface area contributed by atoms with E-state index in [-0.39, 0.29) is 12.5 Å². The van der Waals surface area contributed by atoms with Crippen LogP contribution >= 0.6 is 11.3 Å². The number of aromatic nitrogens is 4. The summed E-state index contributed by atoms with van der Waals surface area (Å²) in [6, 6.07) is 11.0. The Bertz CT molecular complexity index is 1490. The highest BCUT2D eigenvalue weighted by atomic mass is 32.1. The third-order valence-electron chi connectivity index (χ3n) is 5.43. The van der Waals surface area contributed by atoms with Crippen LogP contribution in [0.3, 0.4) is 0 Å². The molecule has 0 saturated carbocycles. The van der Waals surface area contributed by atoms with Gasteiger partial charge < -0.3 is 10.4 Å². The number of thiophene rings is 1. The summed E-state index contributed by atoms with van der Waals surface area (Å²) in [6.45, 7) is -0.321. The highest BCUT2D eigenvalue weighted by Crippen LogP contribution is 2.38. The number of benzene rings is 1. The number of hydrogen-bond acceptors (Lipinski definition) is 5. The van der Waals surface area contributed by atoms with E-state index in [0.29, 0.717) is 27.4 Å². The summed E-state index contributed by atoms with van der Waals surface area (Å²) in [5.41, 5.74) is 1.52. The number of aliphatic hydroxyl groups is 1. The molecule has 0 bridgehead atoms. The van der Waals surface area contributed by atoms with Crippen molar-refractivity contribution in [3.63, 3.8) is 0 Å². The van der Waals surface area contributed by atoms with E-state index in [0.717, 1.165) is 22.2 Å². The summed E-state index contributed by atoms with van der Waals surface area (Å²) in [5, 5.41) is 17.8. The number of nitrogens with zero attached hydrogens (tertiary/aromatic N) is 4. The normalized spacial score (nSPS) is 13.0. The molecular formula is C23H18F3N5O2S. The Kier molecular flexibility index (Phi) is 5.37. The van der Waals surface area contributed by atoms with E-state index < -0.39 is 17.8 Å². The minimum absolute atomic E-state index is 0.321. The maximum atomic E-state index is 13.0. The first-order valence-corrected chi connectivity index (χ1v) is 11.1. The van der Waals surface area contributed by atoms with Crippen LogP contribution in [0, 0.1) is 0 Å². The first kappa shape index (κ1) is 22.1. The Morgan fingerprint density at radius 1 is 1.21 bits per heavy atom. The number of fused-ring (bicyclic) bond motifs is 3. The maximum Gasteiger partial charge on any atom is 0.416 e. The smallest absolute Gasteiger partial charge is 0.394 e. The Labute approximate surface area is 195 Å². The van der Waals surface area contributed by atoms with Crippen LogP contribution in [0.25, 0.3) is 26.9 Å². The van der Waals surface area contributed by atoms with E-state index in [1.165, 1.54) is 23.5 Å². The van der Waals surface area contributed by atoms with E-state index in [9.17, 15) is 23.1 Å². The minimum Gasteiger partial charge on any atom is -0.394 e. The molecule has 4 aromatic heterocycles. The second-order valence-corrected chi connectivity index (χ2v) is 8.76. The average molecular weight is 485 g/mol. The predicted octanol–water partition coefficient (Wildman–Crippen LogP) is 4.46. The Balaban J connectivity index is 1.56. The molecule has 5 rings (SSSR count). The van der Waals surface area contributed by atoms with Gasteiger partial charge in [-0.25, -0.2) is 0 Å². The van der Waals surface area contributed by atoms with Crippen LogP contribution in [-0.4, -0.2) is 37.0 Å². The Morgan fingerprint density at radius 3 is 2.62 bits per heavy atom. The number of nitrogens with one attached hydrogen (secondary N) is 1. The number of carbonyl (C=O) groups excluding carboxylic acids is 1. The molecule has 1 aromatic carbocycles. The van der Waals surface area contributed by atoms with Crippen molar-refractivity contribution in [2.24, 2.45) is 7.05 Å². The van der Waals surface area contributed by atoms with E-state index in [4.69, 9.17) is 0 Å². The van der Waals surface area contributed by atoms with E-state index >= 15 is 0 Å². The fourth-order valence-electron chi connectivity index (χ4n) is 3.85. The van der Waals surface area contributed by atoms with Crippen LogP contribution in [0.5, 0.6) is 0 Å². The zero-order valence-electron chi connectivity index (χ0n) is 17.7. The van der Waals surface area contributed by atoms with Gasteiger partial charge in [-0.1, -0.05) is 6.07 Å². The third-order valence-corrected chi connectivity index (χ3v) is 6.58. The van der Waals surface area contributed by atoms with Crippen molar-refractivity contribution in [2.75, 3.05) is 6.61 Å². The fourth-order valence-corrected chi connectivity index (χ4v) is 4.90. The SMILES string of the molecule is Cn1cc2c3sc(C(=O)N[C@@H](CO)c4ccccn4)cc3n(-c3ccc(C(F)(F)F)cc3)c2n1. The summed E-state index contributed by atoms with van der Waals surface area (Å²) in [4.78, 5) is 17.6. The van der Waals surface area contributed by atoms with Gasteiger partial charge >= 0.3 is 6.18 Å². The van der Waals surface area contributed by atoms with Crippen LogP contribution in [0.2, 0.25) is 0 Å². The summed E-state index contributed by atoms with van der Waals surface area (Å²) < 4.78 is 43.2. The van der Waals surface area contributed by atoms with Crippen molar-refractivity contribution < 1.29 is 23.1 Å². The number of hydrogen-bond donors (Lipinski definition) is 2. The van der Waals surface area contributed by atoms with Crippen molar-refractivity contribution in [3.8, 4) is 5.69 Å². The lowest BCUT2D eigenvalue weighted by Gasteiger charge is -2.14. The molecule has 7 nitrogen and oxygen atoms in total. The summed E-state index contributed by atoms with van der Waals surface area (Å²) in [7, 11) is 1.75. The van der Waals surface area contributed by atoms with Gasteiger partial charge in [0.2, 0.25) is 0 Å². The van der Waals surface area contributed by atoms with Gasteiger partial charge in [-0.2, -0.15) is 18.3 Å². The van der Waals surface area contributed by atoms with Gasteiger partial charge in [0.25, 0.3) is 5.91 Å². The number of amides is 1.